The lowest BCUT2D eigenvalue weighted by Crippen LogP contribution is -2.17. The summed E-state index contributed by atoms with van der Waals surface area (Å²) >= 11 is 1.84. The van der Waals surface area contributed by atoms with Crippen molar-refractivity contribution in [1.82, 2.24) is 20.3 Å². The Kier molecular flexibility index (Phi) is 8.83. The van der Waals surface area contributed by atoms with Crippen LogP contribution in [0.2, 0.25) is 0 Å². The second-order valence-corrected chi connectivity index (χ2v) is 5.14. The summed E-state index contributed by atoms with van der Waals surface area (Å²) in [5, 5.41) is 28.6. The van der Waals surface area contributed by atoms with Crippen LogP contribution in [0, 0.1) is 0 Å². The lowest BCUT2D eigenvalue weighted by Gasteiger charge is -2.01. The maximum absolute atomic E-state index is 8.70. The molecule has 0 radical (unpaired) electrons. The van der Waals surface area contributed by atoms with Gasteiger partial charge < -0.3 is 15.5 Å². The van der Waals surface area contributed by atoms with Crippen LogP contribution in [-0.4, -0.2) is 56.5 Å². The van der Waals surface area contributed by atoms with Gasteiger partial charge in [0, 0.05) is 44.8 Å². The molecule has 3 N–H and O–H groups in total. The van der Waals surface area contributed by atoms with Crippen LogP contribution in [0.5, 0.6) is 0 Å². The largest absolute Gasteiger partial charge is 0.396 e. The molecule has 6 nitrogen and oxygen atoms in total. The van der Waals surface area contributed by atoms with Crippen molar-refractivity contribution in [2.75, 3.05) is 31.3 Å². The SMILES string of the molecule is OCCCSCCNCc1cn(CCCO)nn1. The summed E-state index contributed by atoms with van der Waals surface area (Å²) in [7, 11) is 0. The molecule has 104 valence electrons. The Balaban J connectivity index is 2.03. The van der Waals surface area contributed by atoms with Crippen molar-refractivity contribution in [3.8, 4) is 0 Å². The molecule has 1 heterocycles. The summed E-state index contributed by atoms with van der Waals surface area (Å²) in [5.74, 6) is 2.05. The van der Waals surface area contributed by atoms with Gasteiger partial charge in [-0.3, -0.25) is 4.68 Å². The molecule has 1 aromatic heterocycles. The van der Waals surface area contributed by atoms with Crippen molar-refractivity contribution in [1.29, 1.82) is 0 Å². The van der Waals surface area contributed by atoms with Gasteiger partial charge in [0.2, 0.25) is 0 Å². The molecule has 7 heteroatoms. The van der Waals surface area contributed by atoms with Crippen molar-refractivity contribution in [2.24, 2.45) is 0 Å². The summed E-state index contributed by atoms with van der Waals surface area (Å²) in [4.78, 5) is 0. The maximum atomic E-state index is 8.70. The van der Waals surface area contributed by atoms with Crippen molar-refractivity contribution >= 4 is 11.8 Å². The third kappa shape index (κ3) is 6.95. The number of aliphatic hydroxyl groups excluding tert-OH is 2. The van der Waals surface area contributed by atoms with Gasteiger partial charge in [-0.1, -0.05) is 5.21 Å². The molecule has 0 unspecified atom stereocenters. The number of aryl methyl sites for hydroxylation is 1. The lowest BCUT2D eigenvalue weighted by molar-refractivity contribution is 0.276. The monoisotopic (exact) mass is 274 g/mol. The van der Waals surface area contributed by atoms with E-state index in [2.05, 4.69) is 15.6 Å². The van der Waals surface area contributed by atoms with Crippen molar-refractivity contribution in [2.45, 2.75) is 25.9 Å². The Morgan fingerprint density at radius 2 is 2.06 bits per heavy atom. The highest BCUT2D eigenvalue weighted by Crippen LogP contribution is 2.00. The van der Waals surface area contributed by atoms with Crippen molar-refractivity contribution in [3.63, 3.8) is 0 Å². The van der Waals surface area contributed by atoms with E-state index in [4.69, 9.17) is 10.2 Å². The standard InChI is InChI=1S/C11H22N4O2S/c16-5-1-4-15-10-11(13-14-15)9-12-3-8-18-7-2-6-17/h10,12,16-17H,1-9H2. The molecule has 0 spiro atoms. The Bertz CT molecular complexity index is 309. The predicted molar refractivity (Wildman–Crippen MR) is 72.5 cm³/mol. The molecule has 0 atom stereocenters. The average molecular weight is 274 g/mol. The van der Waals surface area contributed by atoms with Gasteiger partial charge in [-0.05, 0) is 18.6 Å². The summed E-state index contributed by atoms with van der Waals surface area (Å²) in [6, 6.07) is 0. The highest BCUT2D eigenvalue weighted by molar-refractivity contribution is 7.99. The third-order valence-electron chi connectivity index (χ3n) is 2.31. The van der Waals surface area contributed by atoms with E-state index in [1.165, 1.54) is 0 Å². The van der Waals surface area contributed by atoms with E-state index in [-0.39, 0.29) is 13.2 Å². The molecular weight excluding hydrogens is 252 g/mol. The number of nitrogens with zero attached hydrogens (tertiary/aromatic N) is 3. The van der Waals surface area contributed by atoms with Gasteiger partial charge in [0.15, 0.2) is 0 Å². The molecule has 0 bridgehead atoms. The molecule has 0 aliphatic carbocycles. The molecule has 0 aliphatic heterocycles. The first-order valence-electron chi connectivity index (χ1n) is 6.26. The molecule has 0 saturated carbocycles. The summed E-state index contributed by atoms with van der Waals surface area (Å²) < 4.78 is 1.75. The van der Waals surface area contributed by atoms with E-state index < -0.39 is 0 Å². The van der Waals surface area contributed by atoms with Crippen molar-refractivity contribution in [3.05, 3.63) is 11.9 Å². The summed E-state index contributed by atoms with van der Waals surface area (Å²) in [5.41, 5.74) is 0.924. The minimum atomic E-state index is 0.179. The van der Waals surface area contributed by atoms with Crippen LogP contribution >= 0.6 is 11.8 Å². The number of hydrogen-bond donors (Lipinski definition) is 3. The van der Waals surface area contributed by atoms with Gasteiger partial charge in [0.25, 0.3) is 0 Å². The summed E-state index contributed by atoms with van der Waals surface area (Å²) in [6.07, 6.45) is 3.48. The number of aliphatic hydroxyl groups is 2. The van der Waals surface area contributed by atoms with Crippen LogP contribution in [0.4, 0.5) is 0 Å². The third-order valence-corrected chi connectivity index (χ3v) is 3.38. The molecule has 18 heavy (non-hydrogen) atoms. The number of nitrogens with one attached hydrogen (secondary N) is 1. The topological polar surface area (TPSA) is 83.2 Å². The van der Waals surface area contributed by atoms with Gasteiger partial charge in [0.05, 0.1) is 5.69 Å². The zero-order valence-electron chi connectivity index (χ0n) is 10.6. The van der Waals surface area contributed by atoms with E-state index >= 15 is 0 Å². The smallest absolute Gasteiger partial charge is 0.0964 e. The Hall–Kier alpha value is -0.630. The molecule has 0 fully saturated rings. The minimum Gasteiger partial charge on any atom is -0.396 e. The Morgan fingerprint density at radius 1 is 1.22 bits per heavy atom. The highest BCUT2D eigenvalue weighted by Gasteiger charge is 1.99. The molecule has 0 amide bonds. The first kappa shape index (κ1) is 15.4. The lowest BCUT2D eigenvalue weighted by atomic mass is 10.4. The molecule has 1 rings (SSSR count). The molecule has 0 aromatic carbocycles. The summed E-state index contributed by atoms with van der Waals surface area (Å²) in [6.45, 7) is 2.82. The molecule has 0 saturated heterocycles. The molecular formula is C11H22N4O2S. The van der Waals surface area contributed by atoms with E-state index in [1.54, 1.807) is 4.68 Å². The quantitative estimate of drug-likeness (QED) is 0.487. The fourth-order valence-electron chi connectivity index (χ4n) is 1.39. The zero-order chi connectivity index (χ0) is 13.1. The number of thioether (sulfide) groups is 1. The first-order chi connectivity index (χ1) is 8.86. The minimum absolute atomic E-state index is 0.179. The van der Waals surface area contributed by atoms with E-state index in [0.29, 0.717) is 13.0 Å². The van der Waals surface area contributed by atoms with Gasteiger partial charge in [0.1, 0.15) is 0 Å². The van der Waals surface area contributed by atoms with Crippen LogP contribution in [-0.2, 0) is 13.1 Å². The normalized spacial score (nSPS) is 11.0. The second-order valence-electron chi connectivity index (χ2n) is 3.92. The first-order valence-corrected chi connectivity index (χ1v) is 7.41. The predicted octanol–water partition coefficient (Wildman–Crippen LogP) is -0.134. The van der Waals surface area contributed by atoms with Crippen LogP contribution in [0.15, 0.2) is 6.20 Å². The molecule has 0 aliphatic rings. The average Bonchev–Trinajstić information content (AvgIpc) is 2.83. The van der Waals surface area contributed by atoms with Gasteiger partial charge in [-0.15, -0.1) is 5.10 Å². The zero-order valence-corrected chi connectivity index (χ0v) is 11.4. The van der Waals surface area contributed by atoms with Crippen LogP contribution in [0.25, 0.3) is 0 Å². The van der Waals surface area contributed by atoms with Gasteiger partial charge in [-0.2, -0.15) is 11.8 Å². The maximum Gasteiger partial charge on any atom is 0.0964 e. The fraction of sp³-hybridized carbons (Fsp3) is 0.818. The van der Waals surface area contributed by atoms with Crippen LogP contribution in [0.3, 0.4) is 0 Å². The van der Waals surface area contributed by atoms with Crippen LogP contribution < -0.4 is 5.32 Å². The van der Waals surface area contributed by atoms with Crippen LogP contribution in [0.1, 0.15) is 18.5 Å². The number of rotatable bonds is 11. The van der Waals surface area contributed by atoms with Crippen molar-refractivity contribution < 1.29 is 10.2 Å². The van der Waals surface area contributed by atoms with E-state index in [0.717, 1.165) is 36.7 Å². The second kappa shape index (κ2) is 10.3. The van der Waals surface area contributed by atoms with Gasteiger partial charge in [-0.25, -0.2) is 0 Å². The fourth-order valence-corrected chi connectivity index (χ4v) is 2.22. The Morgan fingerprint density at radius 3 is 2.83 bits per heavy atom. The van der Waals surface area contributed by atoms with Gasteiger partial charge >= 0.3 is 0 Å². The van der Waals surface area contributed by atoms with E-state index in [9.17, 15) is 0 Å². The number of aromatic nitrogens is 3. The number of hydrogen-bond acceptors (Lipinski definition) is 6. The Labute approximate surface area is 112 Å². The molecule has 1 aromatic rings. The van der Waals surface area contributed by atoms with E-state index in [1.807, 2.05) is 18.0 Å². The highest BCUT2D eigenvalue weighted by atomic mass is 32.2.